The topological polar surface area (TPSA) is 129 Å². The van der Waals surface area contributed by atoms with Crippen LogP contribution in [-0.4, -0.2) is 58.0 Å². The molecule has 0 saturated carbocycles. The van der Waals surface area contributed by atoms with E-state index in [4.69, 9.17) is 15.2 Å². The summed E-state index contributed by atoms with van der Waals surface area (Å²) in [5.41, 5.74) is 9.38. The van der Waals surface area contributed by atoms with E-state index in [1.54, 1.807) is 4.52 Å². The van der Waals surface area contributed by atoms with E-state index in [0.29, 0.717) is 37.6 Å². The Bertz CT molecular complexity index is 767. The van der Waals surface area contributed by atoms with Crippen LogP contribution in [0, 0.1) is 13.8 Å². The first-order valence-corrected chi connectivity index (χ1v) is 8.46. The molecule has 10 nitrogen and oxygen atoms in total. The maximum Gasteiger partial charge on any atom is 0.407 e. The molecular weight excluding hydrogens is 338 g/mol. The first kappa shape index (κ1) is 19.7. The zero-order valence-electron chi connectivity index (χ0n) is 15.9. The van der Waals surface area contributed by atoms with Gasteiger partial charge in [-0.15, -0.1) is 5.10 Å². The highest BCUT2D eigenvalue weighted by Gasteiger charge is 2.16. The second kappa shape index (κ2) is 8.17. The summed E-state index contributed by atoms with van der Waals surface area (Å²) < 4.78 is 12.3. The number of carbonyl (C=O) groups is 1. The maximum absolute atomic E-state index is 11.5. The first-order valence-electron chi connectivity index (χ1n) is 8.46. The highest BCUT2D eigenvalue weighted by atomic mass is 16.6. The molecule has 0 aliphatic rings. The molecular formula is C16H27N7O3. The highest BCUT2D eigenvalue weighted by Crippen LogP contribution is 2.28. The molecule has 0 spiro atoms. The van der Waals surface area contributed by atoms with Crippen molar-refractivity contribution >= 4 is 23.1 Å². The number of anilines is 2. The number of aryl methyl sites for hydroxylation is 1. The monoisotopic (exact) mass is 365 g/mol. The summed E-state index contributed by atoms with van der Waals surface area (Å²) in [6, 6.07) is 0. The van der Waals surface area contributed by atoms with E-state index in [-0.39, 0.29) is 0 Å². The lowest BCUT2D eigenvalue weighted by Gasteiger charge is -2.19. The third-order valence-corrected chi connectivity index (χ3v) is 3.68. The number of nitrogens with two attached hydrogens (primary N) is 1. The average Bonchev–Trinajstić information content (AvgIpc) is 3.03. The summed E-state index contributed by atoms with van der Waals surface area (Å²) in [4.78, 5) is 11.5. The standard InChI is InChI=1S/C16H27N7O3/c1-10-11(2)23-14(20-21-22-23)12(17)13(10)18-6-8-25-9-7-19-15(24)26-16(3,4)5/h18H,6-9,17H2,1-5H3,(H,19,24). The van der Waals surface area contributed by atoms with E-state index >= 15 is 0 Å². The number of ether oxygens (including phenoxy) is 2. The lowest BCUT2D eigenvalue weighted by Crippen LogP contribution is -2.34. The molecule has 2 aromatic rings. The highest BCUT2D eigenvalue weighted by molar-refractivity contribution is 5.82. The van der Waals surface area contributed by atoms with Crippen LogP contribution in [-0.2, 0) is 9.47 Å². The van der Waals surface area contributed by atoms with Crippen molar-refractivity contribution in [1.29, 1.82) is 0 Å². The fourth-order valence-electron chi connectivity index (χ4n) is 2.35. The Morgan fingerprint density at radius 2 is 1.92 bits per heavy atom. The Kier molecular flexibility index (Phi) is 6.19. The molecule has 0 atom stereocenters. The molecule has 4 N–H and O–H groups in total. The van der Waals surface area contributed by atoms with E-state index < -0.39 is 11.7 Å². The van der Waals surface area contributed by atoms with Gasteiger partial charge in [0.15, 0.2) is 0 Å². The molecule has 0 fully saturated rings. The fraction of sp³-hybridized carbons (Fsp3) is 0.625. The van der Waals surface area contributed by atoms with E-state index in [2.05, 4.69) is 26.2 Å². The molecule has 10 heteroatoms. The number of nitrogens with zero attached hydrogens (tertiary/aromatic N) is 4. The van der Waals surface area contributed by atoms with Gasteiger partial charge in [0.2, 0.25) is 5.65 Å². The van der Waals surface area contributed by atoms with Crippen molar-refractivity contribution in [3.63, 3.8) is 0 Å². The van der Waals surface area contributed by atoms with Crippen molar-refractivity contribution in [2.45, 2.75) is 40.2 Å². The predicted octanol–water partition coefficient (Wildman–Crippen LogP) is 1.28. The van der Waals surface area contributed by atoms with Crippen molar-refractivity contribution in [3.8, 4) is 0 Å². The number of aromatic nitrogens is 4. The van der Waals surface area contributed by atoms with Crippen LogP contribution >= 0.6 is 0 Å². The molecule has 0 unspecified atom stereocenters. The van der Waals surface area contributed by atoms with Gasteiger partial charge >= 0.3 is 6.09 Å². The maximum atomic E-state index is 11.5. The second-order valence-corrected chi connectivity index (χ2v) is 6.88. The number of hydrogen-bond donors (Lipinski definition) is 3. The molecule has 1 amide bonds. The van der Waals surface area contributed by atoms with Crippen LogP contribution in [0.2, 0.25) is 0 Å². The lowest BCUT2D eigenvalue weighted by molar-refractivity contribution is 0.0502. The van der Waals surface area contributed by atoms with Crippen molar-refractivity contribution in [1.82, 2.24) is 25.4 Å². The van der Waals surface area contributed by atoms with Gasteiger partial charge < -0.3 is 25.8 Å². The summed E-state index contributed by atoms with van der Waals surface area (Å²) >= 11 is 0. The Hall–Kier alpha value is -2.62. The van der Waals surface area contributed by atoms with Crippen LogP contribution in [0.15, 0.2) is 0 Å². The number of hydrogen-bond acceptors (Lipinski definition) is 8. The smallest absolute Gasteiger partial charge is 0.407 e. The van der Waals surface area contributed by atoms with Gasteiger partial charge in [0.05, 0.1) is 18.9 Å². The minimum absolute atomic E-state index is 0.382. The van der Waals surface area contributed by atoms with Gasteiger partial charge in [0.1, 0.15) is 11.3 Å². The van der Waals surface area contributed by atoms with Crippen molar-refractivity contribution in [2.75, 3.05) is 37.4 Å². The molecule has 2 aromatic heterocycles. The van der Waals surface area contributed by atoms with Gasteiger partial charge in [-0.05, 0) is 50.6 Å². The summed E-state index contributed by atoms with van der Waals surface area (Å²) in [5, 5.41) is 17.4. The number of tetrazole rings is 1. The van der Waals surface area contributed by atoms with Gasteiger partial charge in [-0.3, -0.25) is 0 Å². The molecule has 2 rings (SSSR count). The van der Waals surface area contributed by atoms with Gasteiger partial charge in [-0.2, -0.15) is 4.52 Å². The number of fused-ring (bicyclic) bond motifs is 1. The zero-order chi connectivity index (χ0) is 19.3. The molecule has 144 valence electrons. The number of nitrogen functional groups attached to an aromatic ring is 1. The predicted molar refractivity (Wildman–Crippen MR) is 98.2 cm³/mol. The molecule has 0 aromatic carbocycles. The third-order valence-electron chi connectivity index (χ3n) is 3.68. The molecule has 26 heavy (non-hydrogen) atoms. The largest absolute Gasteiger partial charge is 0.444 e. The molecule has 0 aliphatic heterocycles. The number of amides is 1. The quantitative estimate of drug-likeness (QED) is 0.626. The summed E-state index contributed by atoms with van der Waals surface area (Å²) in [5.74, 6) is 0. The minimum atomic E-state index is -0.508. The van der Waals surface area contributed by atoms with Crippen LogP contribution < -0.4 is 16.4 Å². The molecule has 0 radical (unpaired) electrons. The average molecular weight is 365 g/mol. The van der Waals surface area contributed by atoms with Gasteiger partial charge in [0, 0.05) is 18.8 Å². The number of rotatable bonds is 7. The second-order valence-electron chi connectivity index (χ2n) is 6.88. The van der Waals surface area contributed by atoms with Crippen LogP contribution in [0.3, 0.4) is 0 Å². The molecule has 0 aliphatic carbocycles. The number of pyridine rings is 1. The van der Waals surface area contributed by atoms with Crippen LogP contribution in [0.1, 0.15) is 32.0 Å². The van der Waals surface area contributed by atoms with Gasteiger partial charge in [0.25, 0.3) is 0 Å². The Morgan fingerprint density at radius 3 is 2.62 bits per heavy atom. The fourth-order valence-corrected chi connectivity index (χ4v) is 2.35. The lowest BCUT2D eigenvalue weighted by atomic mass is 10.1. The van der Waals surface area contributed by atoms with E-state index in [1.165, 1.54) is 0 Å². The van der Waals surface area contributed by atoms with Gasteiger partial charge in [-0.1, -0.05) is 0 Å². The molecule has 2 heterocycles. The first-order chi connectivity index (χ1) is 12.2. The summed E-state index contributed by atoms with van der Waals surface area (Å²) in [7, 11) is 0. The summed E-state index contributed by atoms with van der Waals surface area (Å²) in [6.45, 7) is 11.1. The van der Waals surface area contributed by atoms with Gasteiger partial charge in [-0.25, -0.2) is 4.79 Å². The normalized spacial score (nSPS) is 11.6. The SMILES string of the molecule is Cc1c(NCCOCCNC(=O)OC(C)(C)C)c(N)c2nnnn2c1C. The van der Waals surface area contributed by atoms with Crippen LogP contribution in [0.25, 0.3) is 5.65 Å². The van der Waals surface area contributed by atoms with Crippen LogP contribution in [0.5, 0.6) is 0 Å². The Morgan fingerprint density at radius 1 is 1.23 bits per heavy atom. The van der Waals surface area contributed by atoms with Crippen LogP contribution in [0.4, 0.5) is 16.2 Å². The molecule has 0 bridgehead atoms. The van der Waals surface area contributed by atoms with E-state index in [1.807, 2.05) is 34.6 Å². The van der Waals surface area contributed by atoms with Crippen molar-refractivity contribution in [2.24, 2.45) is 0 Å². The number of carbonyl (C=O) groups excluding carboxylic acids is 1. The number of nitrogens with one attached hydrogen (secondary N) is 2. The third kappa shape index (κ3) is 4.94. The van der Waals surface area contributed by atoms with Crippen molar-refractivity contribution < 1.29 is 14.3 Å². The Labute approximate surface area is 152 Å². The zero-order valence-corrected chi connectivity index (χ0v) is 15.9. The number of alkyl carbamates (subject to hydrolysis) is 1. The Balaban J connectivity index is 1.74. The van der Waals surface area contributed by atoms with E-state index in [0.717, 1.165) is 16.9 Å². The van der Waals surface area contributed by atoms with Crippen molar-refractivity contribution in [3.05, 3.63) is 11.3 Å². The van der Waals surface area contributed by atoms with E-state index in [9.17, 15) is 4.79 Å². The minimum Gasteiger partial charge on any atom is -0.444 e. The molecule has 0 saturated heterocycles. The summed E-state index contributed by atoms with van der Waals surface area (Å²) in [6.07, 6.45) is -0.451.